The van der Waals surface area contributed by atoms with Crippen molar-refractivity contribution in [2.75, 3.05) is 21.3 Å². The highest BCUT2D eigenvalue weighted by Gasteiger charge is 2.30. The molecule has 0 saturated heterocycles. The maximum atomic E-state index is 14.2. The number of carbonyl (C=O) groups excluding carboxylic acids is 1. The Balaban J connectivity index is 1.84. The summed E-state index contributed by atoms with van der Waals surface area (Å²) in [6.07, 6.45) is 0.495. The Labute approximate surface area is 222 Å². The van der Waals surface area contributed by atoms with Gasteiger partial charge in [0.25, 0.3) is 0 Å². The monoisotopic (exact) mass is 504 g/mol. The van der Waals surface area contributed by atoms with Crippen molar-refractivity contribution in [2.45, 2.75) is 6.42 Å². The van der Waals surface area contributed by atoms with Crippen LogP contribution in [0.25, 0.3) is 22.5 Å². The van der Waals surface area contributed by atoms with Crippen LogP contribution in [0.5, 0.6) is 17.2 Å². The van der Waals surface area contributed by atoms with Crippen molar-refractivity contribution in [1.29, 1.82) is 0 Å². The highest BCUT2D eigenvalue weighted by molar-refractivity contribution is 6.16. The molecule has 5 rings (SSSR count). The van der Waals surface area contributed by atoms with Crippen LogP contribution < -0.4 is 14.2 Å². The fraction of sp³-hybridized carbons (Fsp3) is 0.121. The number of rotatable bonds is 9. The Hall–Kier alpha value is -4.77. The summed E-state index contributed by atoms with van der Waals surface area (Å²) in [7, 11) is 4.72. The number of hydrogen-bond donors (Lipinski definition) is 0. The Bertz CT molecular complexity index is 1510. The molecule has 190 valence electrons. The number of hydrogen-bond acceptors (Lipinski definition) is 5. The molecule has 0 aliphatic rings. The third-order valence-electron chi connectivity index (χ3n) is 6.44. The van der Waals surface area contributed by atoms with Gasteiger partial charge in [-0.2, -0.15) is 0 Å². The van der Waals surface area contributed by atoms with Gasteiger partial charge in [-0.3, -0.25) is 4.79 Å². The molecule has 5 nitrogen and oxygen atoms in total. The summed E-state index contributed by atoms with van der Waals surface area (Å²) in [6, 6.07) is 32.7. The van der Waals surface area contributed by atoms with Crippen molar-refractivity contribution >= 4 is 5.78 Å². The fourth-order valence-electron chi connectivity index (χ4n) is 4.66. The zero-order valence-electron chi connectivity index (χ0n) is 21.6. The molecule has 0 N–H and O–H groups in total. The minimum Gasteiger partial charge on any atom is -0.493 e. The summed E-state index contributed by atoms with van der Waals surface area (Å²) in [5, 5.41) is 0. The van der Waals surface area contributed by atoms with Gasteiger partial charge in [0.15, 0.2) is 17.3 Å². The molecule has 1 aromatic heterocycles. The van der Waals surface area contributed by atoms with Crippen LogP contribution in [-0.4, -0.2) is 27.1 Å². The molecule has 0 atom stereocenters. The van der Waals surface area contributed by atoms with E-state index in [0.717, 1.165) is 16.7 Å². The summed E-state index contributed by atoms with van der Waals surface area (Å²) in [6.45, 7) is 0. The van der Waals surface area contributed by atoms with Crippen molar-refractivity contribution in [3.8, 4) is 39.7 Å². The number of ether oxygens (including phenoxy) is 3. The normalized spacial score (nSPS) is 10.7. The van der Waals surface area contributed by atoms with Crippen LogP contribution in [0.4, 0.5) is 0 Å². The Kier molecular flexibility index (Phi) is 7.27. The summed E-state index contributed by atoms with van der Waals surface area (Å²) in [5.41, 5.74) is 4.37. The van der Waals surface area contributed by atoms with Gasteiger partial charge in [-0.15, -0.1) is 0 Å². The van der Waals surface area contributed by atoms with Gasteiger partial charge in [-0.05, 0) is 23.3 Å². The van der Waals surface area contributed by atoms with E-state index in [-0.39, 0.29) is 5.78 Å². The number of carbonyl (C=O) groups is 1. The smallest absolute Gasteiger partial charge is 0.203 e. The maximum Gasteiger partial charge on any atom is 0.203 e. The average molecular weight is 505 g/mol. The van der Waals surface area contributed by atoms with Crippen molar-refractivity contribution in [1.82, 2.24) is 0 Å². The van der Waals surface area contributed by atoms with Crippen LogP contribution in [0.15, 0.2) is 108 Å². The van der Waals surface area contributed by atoms with Gasteiger partial charge in [-0.1, -0.05) is 91.0 Å². The molecule has 5 heteroatoms. The lowest BCUT2D eigenvalue weighted by Crippen LogP contribution is -2.04. The average Bonchev–Trinajstić information content (AvgIpc) is 3.36. The van der Waals surface area contributed by atoms with Crippen molar-refractivity contribution in [3.63, 3.8) is 0 Å². The van der Waals surface area contributed by atoms with Crippen molar-refractivity contribution in [2.24, 2.45) is 0 Å². The van der Waals surface area contributed by atoms with E-state index in [4.69, 9.17) is 18.6 Å². The summed E-state index contributed by atoms with van der Waals surface area (Å²) in [4.78, 5) is 14.2. The maximum absolute atomic E-state index is 14.2. The molecule has 0 saturated carbocycles. The second kappa shape index (κ2) is 11.1. The van der Waals surface area contributed by atoms with Crippen molar-refractivity contribution < 1.29 is 23.4 Å². The van der Waals surface area contributed by atoms with Gasteiger partial charge in [0.2, 0.25) is 5.75 Å². The largest absolute Gasteiger partial charge is 0.493 e. The van der Waals surface area contributed by atoms with Gasteiger partial charge in [0, 0.05) is 23.1 Å². The molecule has 0 radical (unpaired) electrons. The molecule has 0 unspecified atom stereocenters. The zero-order chi connectivity index (χ0) is 26.5. The van der Waals surface area contributed by atoms with E-state index in [1.807, 2.05) is 103 Å². The molecule has 4 aromatic carbocycles. The Morgan fingerprint density at radius 2 is 1.24 bits per heavy atom. The zero-order valence-corrected chi connectivity index (χ0v) is 21.6. The highest BCUT2D eigenvalue weighted by Crippen LogP contribution is 2.46. The second-order valence-electron chi connectivity index (χ2n) is 8.74. The molecule has 0 aliphatic heterocycles. The van der Waals surface area contributed by atoms with Gasteiger partial charge in [0.05, 0.1) is 26.9 Å². The first-order valence-corrected chi connectivity index (χ1v) is 12.3. The van der Waals surface area contributed by atoms with E-state index in [2.05, 4.69) is 0 Å². The summed E-state index contributed by atoms with van der Waals surface area (Å²) >= 11 is 0. The summed E-state index contributed by atoms with van der Waals surface area (Å²) < 4.78 is 23.5. The summed E-state index contributed by atoms with van der Waals surface area (Å²) in [5.74, 6) is 2.53. The molecule has 38 heavy (non-hydrogen) atoms. The van der Waals surface area contributed by atoms with Gasteiger partial charge in [0.1, 0.15) is 11.5 Å². The van der Waals surface area contributed by atoms with Crippen LogP contribution in [0, 0.1) is 0 Å². The molecule has 1 heterocycles. The second-order valence-corrected chi connectivity index (χ2v) is 8.74. The molecule has 0 spiro atoms. The third kappa shape index (κ3) is 4.78. The Morgan fingerprint density at radius 3 is 1.79 bits per heavy atom. The van der Waals surface area contributed by atoms with E-state index in [9.17, 15) is 4.79 Å². The van der Waals surface area contributed by atoms with E-state index < -0.39 is 0 Å². The van der Waals surface area contributed by atoms with Crippen molar-refractivity contribution in [3.05, 3.63) is 126 Å². The number of methoxy groups -OCH3 is 3. The standard InChI is InChI=1S/C33H28O5/c1-35-27-20-25(21-28(36-2)33(27)37-3)29-26(19-22-13-7-4-8-14-22)38-32(24-17-11-6-12-18-24)30(29)31(34)23-15-9-5-10-16-23/h4-18,20-21H,19H2,1-3H3. The van der Waals surface area contributed by atoms with Crippen LogP contribution in [0.2, 0.25) is 0 Å². The Morgan fingerprint density at radius 1 is 0.684 bits per heavy atom. The van der Waals surface area contributed by atoms with Crippen LogP contribution >= 0.6 is 0 Å². The van der Waals surface area contributed by atoms with Crippen LogP contribution in [0.3, 0.4) is 0 Å². The SMILES string of the molecule is COc1cc(-c2c(Cc3ccccc3)oc(-c3ccccc3)c2C(=O)c2ccccc2)cc(OC)c1OC. The highest BCUT2D eigenvalue weighted by atomic mass is 16.5. The van der Waals surface area contributed by atoms with Gasteiger partial charge < -0.3 is 18.6 Å². The molecule has 0 fully saturated rings. The first kappa shape index (κ1) is 24.9. The molecule has 0 amide bonds. The number of benzene rings is 4. The predicted octanol–water partition coefficient (Wildman–Crippen LogP) is 7.46. The lowest BCUT2D eigenvalue weighted by Gasteiger charge is -2.15. The molecule has 5 aromatic rings. The van der Waals surface area contributed by atoms with Crippen LogP contribution in [-0.2, 0) is 6.42 Å². The topological polar surface area (TPSA) is 57.9 Å². The van der Waals surface area contributed by atoms with E-state index in [0.29, 0.717) is 51.9 Å². The van der Waals surface area contributed by atoms with E-state index in [1.165, 1.54) is 0 Å². The molecule has 0 aliphatic carbocycles. The molecular formula is C33H28O5. The lowest BCUT2D eigenvalue weighted by atomic mass is 9.91. The minimum absolute atomic E-state index is 0.128. The fourth-order valence-corrected chi connectivity index (χ4v) is 4.66. The third-order valence-corrected chi connectivity index (χ3v) is 6.44. The van der Waals surface area contributed by atoms with Gasteiger partial charge >= 0.3 is 0 Å². The molecular weight excluding hydrogens is 476 g/mol. The number of furan rings is 1. The number of ketones is 1. The van der Waals surface area contributed by atoms with E-state index in [1.54, 1.807) is 21.3 Å². The minimum atomic E-state index is -0.128. The van der Waals surface area contributed by atoms with Gasteiger partial charge in [-0.25, -0.2) is 0 Å². The molecule has 0 bridgehead atoms. The predicted molar refractivity (Wildman–Crippen MR) is 148 cm³/mol. The quantitative estimate of drug-likeness (QED) is 0.195. The first-order chi connectivity index (χ1) is 18.6. The van der Waals surface area contributed by atoms with E-state index >= 15 is 0 Å². The van der Waals surface area contributed by atoms with Crippen LogP contribution in [0.1, 0.15) is 27.2 Å². The first-order valence-electron chi connectivity index (χ1n) is 12.3. The lowest BCUT2D eigenvalue weighted by molar-refractivity contribution is 0.103.